The summed E-state index contributed by atoms with van der Waals surface area (Å²) in [5.41, 5.74) is 4.38. The molecule has 18 heavy (non-hydrogen) atoms. The van der Waals surface area contributed by atoms with Crippen LogP contribution in [0.1, 0.15) is 36.2 Å². The number of aromatic amines is 1. The van der Waals surface area contributed by atoms with E-state index in [9.17, 15) is 9.90 Å². The van der Waals surface area contributed by atoms with Gasteiger partial charge in [0.15, 0.2) is 0 Å². The van der Waals surface area contributed by atoms with Crippen molar-refractivity contribution in [3.8, 4) is 0 Å². The van der Waals surface area contributed by atoms with Crippen molar-refractivity contribution in [3.05, 3.63) is 34.5 Å². The summed E-state index contributed by atoms with van der Waals surface area (Å²) < 4.78 is 0. The van der Waals surface area contributed by atoms with Gasteiger partial charge in [0.05, 0.1) is 5.41 Å². The lowest BCUT2D eigenvalue weighted by Gasteiger charge is -2.20. The van der Waals surface area contributed by atoms with Crippen molar-refractivity contribution in [2.75, 3.05) is 0 Å². The minimum Gasteiger partial charge on any atom is -0.481 e. The van der Waals surface area contributed by atoms with Crippen molar-refractivity contribution in [2.45, 2.75) is 40.0 Å². The number of hydrogen-bond donors (Lipinski definition) is 2. The summed E-state index contributed by atoms with van der Waals surface area (Å²) in [5.74, 6) is -0.801. The number of hydrogen-bond acceptors (Lipinski definition) is 1. The largest absolute Gasteiger partial charge is 0.481 e. The number of rotatable bonds is 2. The van der Waals surface area contributed by atoms with Crippen LogP contribution in [0.5, 0.6) is 0 Å². The highest BCUT2D eigenvalue weighted by Crippen LogP contribution is 2.35. The quantitative estimate of drug-likeness (QED) is 0.851. The molecule has 0 aliphatic heterocycles. The predicted octanol–water partition coefficient (Wildman–Crippen LogP) is 3.46. The number of carboxylic acid groups (broad SMARTS) is 1. The molecule has 0 unspecified atom stereocenters. The van der Waals surface area contributed by atoms with E-state index in [1.165, 1.54) is 11.1 Å². The Hall–Kier alpha value is -1.77. The van der Waals surface area contributed by atoms with Crippen molar-refractivity contribution in [3.63, 3.8) is 0 Å². The molecule has 0 atom stereocenters. The van der Waals surface area contributed by atoms with Gasteiger partial charge in [0, 0.05) is 16.6 Å². The van der Waals surface area contributed by atoms with Gasteiger partial charge in [0.2, 0.25) is 0 Å². The molecule has 0 radical (unpaired) electrons. The average Bonchev–Trinajstić information content (AvgIpc) is 2.61. The molecular weight excluding hydrogens is 226 g/mol. The van der Waals surface area contributed by atoms with Crippen LogP contribution >= 0.6 is 0 Å². The van der Waals surface area contributed by atoms with Crippen LogP contribution in [-0.4, -0.2) is 16.1 Å². The third-order valence-electron chi connectivity index (χ3n) is 3.85. The molecule has 2 rings (SSSR count). The van der Waals surface area contributed by atoms with Crippen molar-refractivity contribution in [1.82, 2.24) is 4.98 Å². The normalized spacial score (nSPS) is 12.1. The number of nitrogens with one attached hydrogen (secondary N) is 1. The first-order valence-corrected chi connectivity index (χ1v) is 6.09. The number of aromatic nitrogens is 1. The zero-order chi connectivity index (χ0) is 13.7. The van der Waals surface area contributed by atoms with Gasteiger partial charge in [-0.15, -0.1) is 0 Å². The molecule has 0 aliphatic rings. The van der Waals surface area contributed by atoms with Crippen molar-refractivity contribution in [2.24, 2.45) is 0 Å². The smallest absolute Gasteiger partial charge is 0.313 e. The van der Waals surface area contributed by atoms with E-state index in [-0.39, 0.29) is 0 Å². The zero-order valence-electron chi connectivity index (χ0n) is 11.5. The lowest BCUT2D eigenvalue weighted by atomic mass is 9.82. The molecule has 0 saturated heterocycles. The molecule has 2 N–H and O–H groups in total. The summed E-state index contributed by atoms with van der Waals surface area (Å²) in [5, 5.41) is 10.4. The van der Waals surface area contributed by atoms with Gasteiger partial charge in [-0.2, -0.15) is 0 Å². The van der Waals surface area contributed by atoms with Crippen LogP contribution in [0.3, 0.4) is 0 Å². The molecule has 3 nitrogen and oxygen atoms in total. The van der Waals surface area contributed by atoms with Gasteiger partial charge in [-0.1, -0.05) is 12.1 Å². The van der Waals surface area contributed by atoms with E-state index in [1.807, 2.05) is 19.1 Å². The average molecular weight is 245 g/mol. The Morgan fingerprint density at radius 2 is 1.83 bits per heavy atom. The third-order valence-corrected chi connectivity index (χ3v) is 3.85. The molecule has 3 heteroatoms. The summed E-state index contributed by atoms with van der Waals surface area (Å²) in [6, 6.07) is 4.06. The first-order chi connectivity index (χ1) is 8.26. The third kappa shape index (κ3) is 1.62. The lowest BCUT2D eigenvalue weighted by Crippen LogP contribution is -2.29. The molecule has 0 amide bonds. The van der Waals surface area contributed by atoms with Gasteiger partial charge in [0.1, 0.15) is 0 Å². The van der Waals surface area contributed by atoms with Gasteiger partial charge in [0.25, 0.3) is 0 Å². The second kappa shape index (κ2) is 3.87. The number of carboxylic acids is 1. The second-order valence-corrected chi connectivity index (χ2v) is 5.49. The van der Waals surface area contributed by atoms with Gasteiger partial charge >= 0.3 is 5.97 Å². The Balaban J connectivity index is 2.85. The van der Waals surface area contributed by atoms with Crippen LogP contribution in [0, 0.1) is 20.8 Å². The van der Waals surface area contributed by atoms with Crippen LogP contribution < -0.4 is 0 Å². The molecule has 1 aromatic carbocycles. The molecule has 0 saturated carbocycles. The van der Waals surface area contributed by atoms with Crippen molar-refractivity contribution >= 4 is 16.9 Å². The Bertz CT molecular complexity index is 635. The lowest BCUT2D eigenvalue weighted by molar-refractivity contribution is -0.142. The molecule has 0 spiro atoms. The Labute approximate surface area is 107 Å². The number of benzene rings is 1. The van der Waals surface area contributed by atoms with E-state index in [1.54, 1.807) is 13.8 Å². The molecule has 96 valence electrons. The summed E-state index contributed by atoms with van der Waals surface area (Å²) in [6.45, 7) is 9.56. The fourth-order valence-electron chi connectivity index (χ4n) is 2.55. The van der Waals surface area contributed by atoms with Gasteiger partial charge < -0.3 is 10.1 Å². The van der Waals surface area contributed by atoms with Crippen molar-refractivity contribution in [1.29, 1.82) is 0 Å². The standard InChI is InChI=1S/C15H19NO2/c1-8-6-7-11-12(15(4,5)14(17)18)10(3)16-13(11)9(8)2/h6-7,16H,1-5H3,(H,17,18). The Kier molecular flexibility index (Phi) is 2.73. The first-order valence-electron chi connectivity index (χ1n) is 6.09. The maximum atomic E-state index is 11.5. The minimum atomic E-state index is -0.885. The topological polar surface area (TPSA) is 53.1 Å². The van der Waals surface area contributed by atoms with Crippen LogP contribution in [0.4, 0.5) is 0 Å². The molecule has 1 heterocycles. The second-order valence-electron chi connectivity index (χ2n) is 5.49. The molecule has 2 aromatic rings. The number of H-pyrrole nitrogens is 1. The van der Waals surface area contributed by atoms with Crippen LogP contribution in [0.25, 0.3) is 10.9 Å². The van der Waals surface area contributed by atoms with Crippen LogP contribution in [0.2, 0.25) is 0 Å². The van der Waals surface area contributed by atoms with E-state index < -0.39 is 11.4 Å². The summed E-state index contributed by atoms with van der Waals surface area (Å²) in [6.07, 6.45) is 0. The molecule has 0 bridgehead atoms. The zero-order valence-corrected chi connectivity index (χ0v) is 11.5. The fourth-order valence-corrected chi connectivity index (χ4v) is 2.55. The van der Waals surface area contributed by atoms with Gasteiger partial charge in [-0.05, 0) is 51.3 Å². The number of carbonyl (C=O) groups is 1. The Morgan fingerprint density at radius 3 is 2.39 bits per heavy atom. The van der Waals surface area contributed by atoms with E-state index >= 15 is 0 Å². The van der Waals surface area contributed by atoms with Crippen LogP contribution in [0.15, 0.2) is 12.1 Å². The summed E-state index contributed by atoms with van der Waals surface area (Å²) >= 11 is 0. The highest BCUT2D eigenvalue weighted by atomic mass is 16.4. The number of aryl methyl sites for hydroxylation is 3. The maximum Gasteiger partial charge on any atom is 0.313 e. The number of fused-ring (bicyclic) bond motifs is 1. The highest BCUT2D eigenvalue weighted by molar-refractivity contribution is 5.94. The first kappa shape index (κ1) is 12.7. The number of aliphatic carboxylic acids is 1. The Morgan fingerprint density at radius 1 is 1.22 bits per heavy atom. The van der Waals surface area contributed by atoms with E-state index in [2.05, 4.69) is 18.8 Å². The van der Waals surface area contributed by atoms with Crippen LogP contribution in [-0.2, 0) is 10.2 Å². The SMILES string of the molecule is Cc1ccc2c(C(C)(C)C(=O)O)c(C)[nH]c2c1C. The molecule has 0 aliphatic carbocycles. The van der Waals surface area contributed by atoms with E-state index in [0.29, 0.717) is 0 Å². The highest BCUT2D eigenvalue weighted by Gasteiger charge is 2.34. The molecule has 1 aromatic heterocycles. The van der Waals surface area contributed by atoms with Gasteiger partial charge in [-0.3, -0.25) is 4.79 Å². The molecular formula is C15H19NO2. The van der Waals surface area contributed by atoms with E-state index in [4.69, 9.17) is 0 Å². The predicted molar refractivity (Wildman–Crippen MR) is 73.2 cm³/mol. The monoisotopic (exact) mass is 245 g/mol. The fraction of sp³-hybridized carbons (Fsp3) is 0.400. The van der Waals surface area contributed by atoms with E-state index in [0.717, 1.165) is 22.2 Å². The maximum absolute atomic E-state index is 11.5. The summed E-state index contributed by atoms with van der Waals surface area (Å²) in [7, 11) is 0. The molecule has 0 fully saturated rings. The minimum absolute atomic E-state index is 0.801. The summed E-state index contributed by atoms with van der Waals surface area (Å²) in [4.78, 5) is 14.8. The van der Waals surface area contributed by atoms with Gasteiger partial charge in [-0.25, -0.2) is 0 Å². The van der Waals surface area contributed by atoms with Crippen molar-refractivity contribution < 1.29 is 9.90 Å².